The van der Waals surface area contributed by atoms with Crippen LogP contribution in [0.15, 0.2) is 29.2 Å². The minimum absolute atomic E-state index is 0.111. The van der Waals surface area contributed by atoms with Gasteiger partial charge in [0.15, 0.2) is 0 Å². The first kappa shape index (κ1) is 15.9. The summed E-state index contributed by atoms with van der Waals surface area (Å²) in [6.45, 7) is 0.481. The van der Waals surface area contributed by atoms with E-state index in [4.69, 9.17) is 5.73 Å². The van der Waals surface area contributed by atoms with Crippen molar-refractivity contribution in [3.8, 4) is 0 Å². The van der Waals surface area contributed by atoms with Crippen LogP contribution < -0.4 is 10.5 Å². The second-order valence-electron chi connectivity index (χ2n) is 5.17. The Hall–Kier alpha value is -1.44. The molecule has 6 nitrogen and oxygen atoms in total. The van der Waals surface area contributed by atoms with Gasteiger partial charge in [-0.2, -0.15) is 0 Å². The van der Waals surface area contributed by atoms with Gasteiger partial charge >= 0.3 is 5.97 Å². The molecule has 1 aliphatic carbocycles. The lowest BCUT2D eigenvalue weighted by atomic mass is 10.1. The van der Waals surface area contributed by atoms with Crippen LogP contribution in [0.25, 0.3) is 0 Å². The summed E-state index contributed by atoms with van der Waals surface area (Å²) in [6, 6.07) is 5.58. The van der Waals surface area contributed by atoms with Crippen molar-refractivity contribution in [3.05, 3.63) is 29.8 Å². The van der Waals surface area contributed by atoms with Crippen LogP contribution in [0, 0.1) is 5.92 Å². The molecular weight excluding hydrogens is 292 g/mol. The van der Waals surface area contributed by atoms with Crippen LogP contribution in [-0.4, -0.2) is 34.1 Å². The van der Waals surface area contributed by atoms with Crippen molar-refractivity contribution in [3.63, 3.8) is 0 Å². The van der Waals surface area contributed by atoms with Gasteiger partial charge in [-0.1, -0.05) is 6.42 Å². The number of rotatable bonds is 5. The first-order valence-corrected chi connectivity index (χ1v) is 8.37. The molecule has 0 aromatic heterocycles. The molecule has 21 heavy (non-hydrogen) atoms. The molecule has 0 bridgehead atoms. The average molecular weight is 312 g/mol. The highest BCUT2D eigenvalue weighted by Crippen LogP contribution is 2.26. The van der Waals surface area contributed by atoms with Gasteiger partial charge in [-0.05, 0) is 49.6 Å². The Morgan fingerprint density at radius 3 is 2.57 bits per heavy atom. The van der Waals surface area contributed by atoms with Crippen LogP contribution in [0.2, 0.25) is 0 Å². The van der Waals surface area contributed by atoms with Crippen LogP contribution in [-0.2, 0) is 14.8 Å². The van der Waals surface area contributed by atoms with Gasteiger partial charge in [0.25, 0.3) is 0 Å². The summed E-state index contributed by atoms with van der Waals surface area (Å²) in [5.74, 6) is -0.306. The standard InChI is InChI=1S/C14H20N2O4S/c1-20-14(17)10-5-7-12(8-6-10)21(18,19)16-13-4-2-3-11(13)9-15/h5-8,11,13,16H,2-4,9,15H2,1H3. The fourth-order valence-corrected chi connectivity index (χ4v) is 3.97. The number of hydrogen-bond acceptors (Lipinski definition) is 5. The molecule has 0 amide bonds. The van der Waals surface area contributed by atoms with Gasteiger partial charge in [-0.3, -0.25) is 0 Å². The molecule has 0 spiro atoms. The van der Waals surface area contributed by atoms with E-state index in [0.29, 0.717) is 12.1 Å². The Balaban J connectivity index is 2.14. The highest BCUT2D eigenvalue weighted by molar-refractivity contribution is 7.89. The quantitative estimate of drug-likeness (QED) is 0.786. The van der Waals surface area contributed by atoms with Crippen LogP contribution in [0.3, 0.4) is 0 Å². The van der Waals surface area contributed by atoms with Crippen molar-refractivity contribution in [1.29, 1.82) is 0 Å². The van der Waals surface area contributed by atoms with Gasteiger partial charge in [-0.15, -0.1) is 0 Å². The molecule has 1 aromatic carbocycles. The van der Waals surface area contributed by atoms with Gasteiger partial charge in [0.05, 0.1) is 17.6 Å². The topological polar surface area (TPSA) is 98.5 Å². The normalized spacial score (nSPS) is 22.2. The van der Waals surface area contributed by atoms with E-state index in [1.54, 1.807) is 0 Å². The number of ether oxygens (including phenoxy) is 1. The molecule has 2 atom stereocenters. The maximum absolute atomic E-state index is 12.3. The molecule has 0 heterocycles. The van der Waals surface area contributed by atoms with Crippen LogP contribution in [0.4, 0.5) is 0 Å². The minimum atomic E-state index is -3.59. The molecule has 1 aromatic rings. The molecule has 0 saturated heterocycles. The molecule has 116 valence electrons. The molecule has 1 fully saturated rings. The number of methoxy groups -OCH3 is 1. The number of benzene rings is 1. The summed E-state index contributed by atoms with van der Waals surface area (Å²) in [5.41, 5.74) is 5.98. The van der Waals surface area contributed by atoms with Crippen LogP contribution in [0.5, 0.6) is 0 Å². The fraction of sp³-hybridized carbons (Fsp3) is 0.500. The van der Waals surface area contributed by atoms with Crippen molar-refractivity contribution < 1.29 is 17.9 Å². The van der Waals surface area contributed by atoms with Gasteiger partial charge in [-0.25, -0.2) is 17.9 Å². The molecule has 1 saturated carbocycles. The van der Waals surface area contributed by atoms with E-state index in [2.05, 4.69) is 9.46 Å². The van der Waals surface area contributed by atoms with Gasteiger partial charge in [0.1, 0.15) is 0 Å². The van der Waals surface area contributed by atoms with Gasteiger partial charge in [0, 0.05) is 6.04 Å². The smallest absolute Gasteiger partial charge is 0.337 e. The average Bonchev–Trinajstić information content (AvgIpc) is 2.93. The first-order valence-electron chi connectivity index (χ1n) is 6.88. The SMILES string of the molecule is COC(=O)c1ccc(S(=O)(=O)NC2CCCC2CN)cc1. The third kappa shape index (κ3) is 3.61. The van der Waals surface area contributed by atoms with Gasteiger partial charge in [0.2, 0.25) is 10.0 Å². The van der Waals surface area contributed by atoms with Gasteiger partial charge < -0.3 is 10.5 Å². The first-order chi connectivity index (χ1) is 9.97. The lowest BCUT2D eigenvalue weighted by Gasteiger charge is -2.19. The summed E-state index contributed by atoms with van der Waals surface area (Å²) in [7, 11) is -2.31. The van der Waals surface area contributed by atoms with E-state index < -0.39 is 16.0 Å². The lowest BCUT2D eigenvalue weighted by Crippen LogP contribution is -2.39. The van der Waals surface area contributed by atoms with Crippen molar-refractivity contribution in [1.82, 2.24) is 4.72 Å². The van der Waals surface area contributed by atoms with Crippen LogP contribution in [0.1, 0.15) is 29.6 Å². The number of esters is 1. The zero-order valence-corrected chi connectivity index (χ0v) is 12.7. The van der Waals surface area contributed by atoms with Crippen molar-refractivity contribution in [2.45, 2.75) is 30.2 Å². The molecule has 2 unspecified atom stereocenters. The molecule has 2 rings (SSSR count). The van der Waals surface area contributed by atoms with Crippen LogP contribution >= 0.6 is 0 Å². The number of hydrogen-bond donors (Lipinski definition) is 2. The molecular formula is C14H20N2O4S. The molecule has 0 aliphatic heterocycles. The fourth-order valence-electron chi connectivity index (χ4n) is 2.63. The van der Waals surface area contributed by atoms with E-state index >= 15 is 0 Å². The Morgan fingerprint density at radius 1 is 1.33 bits per heavy atom. The summed E-state index contributed by atoms with van der Waals surface area (Å²) in [6.07, 6.45) is 2.74. The number of nitrogens with two attached hydrogens (primary N) is 1. The summed E-state index contributed by atoms with van der Waals surface area (Å²) < 4.78 is 32.0. The predicted octanol–water partition coefficient (Wildman–Crippen LogP) is 0.879. The highest BCUT2D eigenvalue weighted by Gasteiger charge is 2.30. The lowest BCUT2D eigenvalue weighted by molar-refractivity contribution is 0.0600. The van der Waals surface area contributed by atoms with Crippen molar-refractivity contribution in [2.75, 3.05) is 13.7 Å². The monoisotopic (exact) mass is 312 g/mol. The highest BCUT2D eigenvalue weighted by atomic mass is 32.2. The third-order valence-electron chi connectivity index (χ3n) is 3.85. The van der Waals surface area contributed by atoms with Crippen molar-refractivity contribution in [2.24, 2.45) is 11.7 Å². The third-order valence-corrected chi connectivity index (χ3v) is 5.36. The second-order valence-corrected chi connectivity index (χ2v) is 6.88. The predicted molar refractivity (Wildman–Crippen MR) is 78.3 cm³/mol. The summed E-state index contributed by atoms with van der Waals surface area (Å²) >= 11 is 0. The van der Waals surface area contributed by atoms with E-state index in [1.165, 1.54) is 31.4 Å². The Morgan fingerprint density at radius 2 is 2.00 bits per heavy atom. The minimum Gasteiger partial charge on any atom is -0.465 e. The Kier molecular flexibility index (Phi) is 4.97. The maximum atomic E-state index is 12.3. The van der Waals surface area contributed by atoms with Crippen molar-refractivity contribution >= 4 is 16.0 Å². The molecule has 7 heteroatoms. The number of sulfonamides is 1. The van der Waals surface area contributed by atoms with E-state index in [0.717, 1.165) is 19.3 Å². The molecule has 1 aliphatic rings. The zero-order chi connectivity index (χ0) is 15.5. The number of carbonyl (C=O) groups is 1. The molecule has 0 radical (unpaired) electrons. The molecule has 3 N–H and O–H groups in total. The Bertz CT molecular complexity index is 598. The second kappa shape index (κ2) is 6.55. The van der Waals surface area contributed by atoms with E-state index in [1.807, 2.05) is 0 Å². The summed E-state index contributed by atoms with van der Waals surface area (Å²) in [5, 5.41) is 0. The zero-order valence-electron chi connectivity index (χ0n) is 11.9. The Labute approximate surface area is 124 Å². The van der Waals surface area contributed by atoms with E-state index in [9.17, 15) is 13.2 Å². The summed E-state index contributed by atoms with van der Waals surface area (Å²) in [4.78, 5) is 11.5. The largest absolute Gasteiger partial charge is 0.465 e. The maximum Gasteiger partial charge on any atom is 0.337 e. The number of nitrogens with one attached hydrogen (secondary N) is 1. The number of carbonyl (C=O) groups excluding carboxylic acids is 1. The van der Waals surface area contributed by atoms with E-state index in [-0.39, 0.29) is 16.9 Å².